The van der Waals surface area contributed by atoms with Gasteiger partial charge in [-0.25, -0.2) is 0 Å². The molecule has 4 rings (SSSR count). The summed E-state index contributed by atoms with van der Waals surface area (Å²) in [6.07, 6.45) is 9.29. The van der Waals surface area contributed by atoms with Gasteiger partial charge in [0.15, 0.2) is 0 Å². The Labute approximate surface area is 142 Å². The fourth-order valence-electron chi connectivity index (χ4n) is 3.47. The topological polar surface area (TPSA) is 42.7 Å². The van der Waals surface area contributed by atoms with E-state index < -0.39 is 0 Å². The first-order valence-electron chi connectivity index (χ1n) is 8.61. The first-order valence-corrected chi connectivity index (χ1v) is 8.61. The van der Waals surface area contributed by atoms with Crippen LogP contribution >= 0.6 is 0 Å². The van der Waals surface area contributed by atoms with E-state index in [9.17, 15) is 0 Å². The Morgan fingerprint density at radius 2 is 1.92 bits per heavy atom. The lowest BCUT2D eigenvalue weighted by molar-refractivity contribution is 0.449. The van der Waals surface area contributed by atoms with E-state index in [1.165, 1.54) is 35.2 Å². The molecule has 0 spiro atoms. The van der Waals surface area contributed by atoms with Gasteiger partial charge in [0.2, 0.25) is 0 Å². The zero-order chi connectivity index (χ0) is 16.2. The van der Waals surface area contributed by atoms with Gasteiger partial charge in [0.25, 0.3) is 0 Å². The fraction of sp³-hybridized carbons (Fsp3) is 0.300. The third kappa shape index (κ3) is 3.24. The molecule has 0 bridgehead atoms. The number of benzene rings is 1. The molecule has 0 saturated carbocycles. The summed E-state index contributed by atoms with van der Waals surface area (Å²) in [4.78, 5) is 4.19. The lowest BCUT2D eigenvalue weighted by atomic mass is 9.92. The molecule has 4 nitrogen and oxygen atoms in total. The minimum Gasteiger partial charge on any atom is -0.306 e. The second-order valence-electron chi connectivity index (χ2n) is 6.38. The van der Waals surface area contributed by atoms with Crippen LogP contribution in [0.15, 0.2) is 61.1 Å². The standard InChI is InChI=1S/C20H22N4/c1-2-6-16(7-3-1)15-24-20-10-4-9-19(18(20)14-23-24)22-13-17-8-5-11-21-12-17/h1-3,5-8,11-12,14,19,22H,4,9-10,13,15H2. The van der Waals surface area contributed by atoms with E-state index in [4.69, 9.17) is 0 Å². The number of rotatable bonds is 5. The molecular weight excluding hydrogens is 296 g/mol. The van der Waals surface area contributed by atoms with Gasteiger partial charge in [0.05, 0.1) is 12.7 Å². The van der Waals surface area contributed by atoms with Crippen LogP contribution in [0.2, 0.25) is 0 Å². The Hall–Kier alpha value is -2.46. The fourth-order valence-corrected chi connectivity index (χ4v) is 3.47. The van der Waals surface area contributed by atoms with Gasteiger partial charge in [0.1, 0.15) is 0 Å². The van der Waals surface area contributed by atoms with Crippen LogP contribution in [0.4, 0.5) is 0 Å². The molecule has 1 aliphatic rings. The van der Waals surface area contributed by atoms with E-state index >= 15 is 0 Å². The number of pyridine rings is 1. The van der Waals surface area contributed by atoms with Gasteiger partial charge in [0, 0.05) is 36.2 Å². The molecule has 1 N–H and O–H groups in total. The van der Waals surface area contributed by atoms with Gasteiger partial charge in [-0.15, -0.1) is 0 Å². The van der Waals surface area contributed by atoms with Gasteiger partial charge in [-0.3, -0.25) is 9.67 Å². The number of fused-ring (bicyclic) bond motifs is 1. The third-order valence-corrected chi connectivity index (χ3v) is 4.71. The second kappa shape index (κ2) is 6.97. The molecule has 3 aromatic rings. The highest BCUT2D eigenvalue weighted by atomic mass is 15.3. The molecule has 4 heteroatoms. The molecule has 0 radical (unpaired) electrons. The average Bonchev–Trinajstić information content (AvgIpc) is 3.05. The van der Waals surface area contributed by atoms with E-state index in [0.29, 0.717) is 6.04 Å². The maximum Gasteiger partial charge on any atom is 0.0662 e. The molecule has 1 aliphatic carbocycles. The van der Waals surface area contributed by atoms with Crippen molar-refractivity contribution in [1.82, 2.24) is 20.1 Å². The van der Waals surface area contributed by atoms with Crippen LogP contribution in [-0.4, -0.2) is 14.8 Å². The summed E-state index contributed by atoms with van der Waals surface area (Å²) in [6.45, 7) is 1.70. The molecule has 0 amide bonds. The highest BCUT2D eigenvalue weighted by Crippen LogP contribution is 2.30. The van der Waals surface area contributed by atoms with Crippen LogP contribution in [0.1, 0.15) is 41.3 Å². The number of nitrogens with one attached hydrogen (secondary N) is 1. The maximum atomic E-state index is 4.66. The first-order chi connectivity index (χ1) is 11.9. The summed E-state index contributed by atoms with van der Waals surface area (Å²) >= 11 is 0. The van der Waals surface area contributed by atoms with Gasteiger partial charge < -0.3 is 5.32 Å². The zero-order valence-electron chi connectivity index (χ0n) is 13.7. The summed E-state index contributed by atoms with van der Waals surface area (Å²) in [5.74, 6) is 0. The van der Waals surface area contributed by atoms with Crippen LogP contribution in [0, 0.1) is 0 Å². The monoisotopic (exact) mass is 318 g/mol. The minimum absolute atomic E-state index is 0.387. The molecule has 2 aromatic heterocycles. The number of hydrogen-bond acceptors (Lipinski definition) is 3. The smallest absolute Gasteiger partial charge is 0.0662 e. The van der Waals surface area contributed by atoms with E-state index in [-0.39, 0.29) is 0 Å². The molecule has 0 saturated heterocycles. The first kappa shape index (κ1) is 15.1. The molecule has 1 aromatic carbocycles. The SMILES string of the molecule is c1ccc(Cn2ncc3c2CCCC3NCc2cccnc2)cc1. The van der Waals surface area contributed by atoms with Gasteiger partial charge in [-0.2, -0.15) is 5.10 Å². The second-order valence-corrected chi connectivity index (χ2v) is 6.38. The van der Waals surface area contributed by atoms with Crippen molar-refractivity contribution >= 4 is 0 Å². The van der Waals surface area contributed by atoms with Gasteiger partial charge in [-0.05, 0) is 36.5 Å². The molecule has 24 heavy (non-hydrogen) atoms. The van der Waals surface area contributed by atoms with Crippen molar-refractivity contribution in [1.29, 1.82) is 0 Å². The van der Waals surface area contributed by atoms with Crippen molar-refractivity contribution < 1.29 is 0 Å². The minimum atomic E-state index is 0.387. The summed E-state index contributed by atoms with van der Waals surface area (Å²) in [5.41, 5.74) is 5.27. The van der Waals surface area contributed by atoms with Crippen LogP contribution < -0.4 is 5.32 Å². The van der Waals surface area contributed by atoms with Crippen molar-refractivity contribution in [3.8, 4) is 0 Å². The average molecular weight is 318 g/mol. The van der Waals surface area contributed by atoms with E-state index in [2.05, 4.69) is 62.7 Å². The Bertz CT molecular complexity index is 780. The highest BCUT2D eigenvalue weighted by Gasteiger charge is 2.23. The number of hydrogen-bond donors (Lipinski definition) is 1. The normalized spacial score (nSPS) is 16.8. The largest absolute Gasteiger partial charge is 0.306 e. The van der Waals surface area contributed by atoms with Crippen molar-refractivity contribution in [2.75, 3.05) is 0 Å². The third-order valence-electron chi connectivity index (χ3n) is 4.71. The Kier molecular flexibility index (Phi) is 4.38. The molecule has 0 aliphatic heterocycles. The lowest BCUT2D eigenvalue weighted by Crippen LogP contribution is -2.25. The summed E-state index contributed by atoms with van der Waals surface area (Å²) < 4.78 is 2.17. The van der Waals surface area contributed by atoms with E-state index in [1.807, 2.05) is 18.5 Å². The number of nitrogens with zero attached hydrogens (tertiary/aromatic N) is 3. The van der Waals surface area contributed by atoms with Crippen molar-refractivity contribution in [2.45, 2.75) is 38.4 Å². The molecule has 122 valence electrons. The quantitative estimate of drug-likeness (QED) is 0.783. The van der Waals surface area contributed by atoms with Crippen LogP contribution in [0.5, 0.6) is 0 Å². The lowest BCUT2D eigenvalue weighted by Gasteiger charge is -2.24. The van der Waals surface area contributed by atoms with Crippen molar-refractivity contribution in [3.05, 3.63) is 83.4 Å². The Morgan fingerprint density at radius 1 is 1.04 bits per heavy atom. The van der Waals surface area contributed by atoms with Crippen LogP contribution in [-0.2, 0) is 19.5 Å². The van der Waals surface area contributed by atoms with Gasteiger partial charge in [-0.1, -0.05) is 36.4 Å². The van der Waals surface area contributed by atoms with E-state index in [0.717, 1.165) is 19.5 Å². The van der Waals surface area contributed by atoms with Crippen molar-refractivity contribution in [2.24, 2.45) is 0 Å². The predicted octanol–water partition coefficient (Wildman–Crippen LogP) is 3.49. The van der Waals surface area contributed by atoms with Crippen molar-refractivity contribution in [3.63, 3.8) is 0 Å². The Morgan fingerprint density at radius 3 is 2.75 bits per heavy atom. The predicted molar refractivity (Wildman–Crippen MR) is 94.5 cm³/mol. The maximum absolute atomic E-state index is 4.66. The molecule has 1 atom stereocenters. The van der Waals surface area contributed by atoms with Crippen LogP contribution in [0.25, 0.3) is 0 Å². The van der Waals surface area contributed by atoms with Gasteiger partial charge >= 0.3 is 0 Å². The number of aromatic nitrogens is 3. The zero-order valence-corrected chi connectivity index (χ0v) is 13.7. The van der Waals surface area contributed by atoms with Crippen LogP contribution in [0.3, 0.4) is 0 Å². The Balaban J connectivity index is 1.49. The molecule has 2 heterocycles. The summed E-state index contributed by atoms with van der Waals surface area (Å²) in [5, 5.41) is 8.34. The summed E-state index contributed by atoms with van der Waals surface area (Å²) in [6, 6.07) is 15.0. The molecule has 1 unspecified atom stereocenters. The van der Waals surface area contributed by atoms with E-state index in [1.54, 1.807) is 0 Å². The molecular formula is C20H22N4. The molecule has 0 fully saturated rings. The highest BCUT2D eigenvalue weighted by molar-refractivity contribution is 5.26. The summed E-state index contributed by atoms with van der Waals surface area (Å²) in [7, 11) is 0.